The van der Waals surface area contributed by atoms with E-state index in [-0.39, 0.29) is 5.78 Å². The number of hydrogen-bond acceptors (Lipinski definition) is 3. The van der Waals surface area contributed by atoms with Gasteiger partial charge in [0, 0.05) is 31.9 Å². The molecule has 1 heterocycles. The maximum absolute atomic E-state index is 11.6. The molecule has 0 radical (unpaired) electrons. The van der Waals surface area contributed by atoms with Crippen LogP contribution in [0.4, 0.5) is 0 Å². The van der Waals surface area contributed by atoms with Gasteiger partial charge in [0.05, 0.1) is 12.1 Å². The molecule has 0 saturated carbocycles. The lowest BCUT2D eigenvalue weighted by atomic mass is 10.1. The Hall–Kier alpha value is -1.16. The molecule has 0 aliphatic carbocycles. The highest BCUT2D eigenvalue weighted by Gasteiger charge is 2.07. The highest BCUT2D eigenvalue weighted by atomic mass is 16.5. The highest BCUT2D eigenvalue weighted by Crippen LogP contribution is 2.06. The lowest BCUT2D eigenvalue weighted by Crippen LogP contribution is -2.07. The molecule has 4 heteroatoms. The molecule has 0 unspecified atom stereocenters. The quantitative estimate of drug-likeness (QED) is 0.653. The molecule has 0 N–H and O–H groups in total. The van der Waals surface area contributed by atoms with Crippen LogP contribution in [0.1, 0.15) is 45.3 Å². The van der Waals surface area contributed by atoms with Gasteiger partial charge in [-0.1, -0.05) is 0 Å². The second-order valence-electron chi connectivity index (χ2n) is 4.40. The molecular formula is C13H22N2O2. The number of rotatable bonds is 8. The minimum Gasteiger partial charge on any atom is -0.382 e. The van der Waals surface area contributed by atoms with Crippen LogP contribution in [0, 0.1) is 0 Å². The molecule has 0 amide bonds. The molecule has 1 aromatic rings. The van der Waals surface area contributed by atoms with Gasteiger partial charge in [-0.05, 0) is 33.3 Å². The summed E-state index contributed by atoms with van der Waals surface area (Å²) in [5.41, 5.74) is 0.861. The van der Waals surface area contributed by atoms with E-state index in [4.69, 9.17) is 4.74 Å². The highest BCUT2D eigenvalue weighted by molar-refractivity contribution is 5.80. The molecule has 0 bridgehead atoms. The second-order valence-corrected chi connectivity index (χ2v) is 4.40. The van der Waals surface area contributed by atoms with E-state index in [1.807, 2.05) is 23.9 Å². The van der Waals surface area contributed by atoms with Crippen molar-refractivity contribution in [2.45, 2.75) is 46.1 Å². The smallest absolute Gasteiger partial charge is 0.139 e. The van der Waals surface area contributed by atoms with Crippen molar-refractivity contribution < 1.29 is 9.53 Å². The van der Waals surface area contributed by atoms with E-state index in [1.165, 1.54) is 0 Å². The van der Waals surface area contributed by atoms with Crippen LogP contribution in [-0.2, 0) is 16.0 Å². The number of Topliss-reactive ketones (excluding diaryl/α,β-unsaturated/α-hetero) is 1. The van der Waals surface area contributed by atoms with Crippen molar-refractivity contribution in [2.75, 3.05) is 13.2 Å². The van der Waals surface area contributed by atoms with Gasteiger partial charge < -0.3 is 4.74 Å². The van der Waals surface area contributed by atoms with Crippen molar-refractivity contribution >= 4 is 5.78 Å². The molecule has 0 saturated heterocycles. The zero-order valence-electron chi connectivity index (χ0n) is 11.0. The molecular weight excluding hydrogens is 216 g/mol. The normalized spacial score (nSPS) is 11.1. The van der Waals surface area contributed by atoms with Crippen molar-refractivity contribution in [3.05, 3.63) is 18.0 Å². The third-order valence-electron chi connectivity index (χ3n) is 2.52. The number of carbonyl (C=O) groups is 1. The molecule has 17 heavy (non-hydrogen) atoms. The average Bonchev–Trinajstić information content (AvgIpc) is 2.73. The molecule has 0 atom stereocenters. The summed E-state index contributed by atoms with van der Waals surface area (Å²) >= 11 is 0. The van der Waals surface area contributed by atoms with Crippen LogP contribution in [0.15, 0.2) is 12.3 Å². The molecule has 4 nitrogen and oxygen atoms in total. The van der Waals surface area contributed by atoms with E-state index in [0.717, 1.165) is 12.1 Å². The van der Waals surface area contributed by atoms with E-state index in [0.29, 0.717) is 32.1 Å². The lowest BCUT2D eigenvalue weighted by Gasteiger charge is -2.03. The minimum atomic E-state index is 0.235. The average molecular weight is 238 g/mol. The molecule has 0 aliphatic rings. The van der Waals surface area contributed by atoms with E-state index < -0.39 is 0 Å². The fourth-order valence-electron chi connectivity index (χ4n) is 1.57. The van der Waals surface area contributed by atoms with E-state index in [1.54, 1.807) is 0 Å². The molecule has 1 aromatic heterocycles. The van der Waals surface area contributed by atoms with Gasteiger partial charge in [-0.2, -0.15) is 5.10 Å². The fraction of sp³-hybridized carbons (Fsp3) is 0.692. The van der Waals surface area contributed by atoms with Crippen LogP contribution in [0.5, 0.6) is 0 Å². The fourth-order valence-corrected chi connectivity index (χ4v) is 1.57. The summed E-state index contributed by atoms with van der Waals surface area (Å²) < 4.78 is 7.08. The van der Waals surface area contributed by atoms with E-state index >= 15 is 0 Å². The number of ketones is 1. The molecule has 0 fully saturated rings. The monoisotopic (exact) mass is 238 g/mol. The minimum absolute atomic E-state index is 0.235. The van der Waals surface area contributed by atoms with E-state index in [9.17, 15) is 4.79 Å². The number of aromatic nitrogens is 2. The summed E-state index contributed by atoms with van der Waals surface area (Å²) in [5.74, 6) is 0.235. The third kappa shape index (κ3) is 5.13. The second kappa shape index (κ2) is 7.22. The summed E-state index contributed by atoms with van der Waals surface area (Å²) in [6, 6.07) is 2.26. The zero-order valence-corrected chi connectivity index (χ0v) is 11.0. The van der Waals surface area contributed by atoms with Crippen molar-refractivity contribution in [3.63, 3.8) is 0 Å². The zero-order chi connectivity index (χ0) is 12.7. The Balaban J connectivity index is 2.29. The van der Waals surface area contributed by atoms with Gasteiger partial charge in [-0.3, -0.25) is 9.48 Å². The molecule has 0 spiro atoms. The molecule has 96 valence electrons. The molecule has 0 aromatic carbocycles. The van der Waals surface area contributed by atoms with Crippen molar-refractivity contribution in [2.24, 2.45) is 0 Å². The SMILES string of the molecule is CCOCCCC(=O)Cc1ccn(C(C)C)n1. The van der Waals surface area contributed by atoms with Crippen LogP contribution in [0.25, 0.3) is 0 Å². The lowest BCUT2D eigenvalue weighted by molar-refractivity contribution is -0.118. The first-order chi connectivity index (χ1) is 8.13. The van der Waals surface area contributed by atoms with Crippen LogP contribution < -0.4 is 0 Å². The van der Waals surface area contributed by atoms with Crippen LogP contribution in [0.2, 0.25) is 0 Å². The topological polar surface area (TPSA) is 44.1 Å². The Morgan fingerprint density at radius 1 is 1.53 bits per heavy atom. The Morgan fingerprint density at radius 3 is 2.88 bits per heavy atom. The van der Waals surface area contributed by atoms with Crippen molar-refractivity contribution in [1.82, 2.24) is 9.78 Å². The summed E-state index contributed by atoms with van der Waals surface area (Å²) in [6.07, 6.45) is 3.74. The van der Waals surface area contributed by atoms with Gasteiger partial charge in [0.15, 0.2) is 0 Å². The summed E-state index contributed by atoms with van der Waals surface area (Å²) in [7, 11) is 0. The summed E-state index contributed by atoms with van der Waals surface area (Å²) in [5, 5.41) is 4.36. The largest absolute Gasteiger partial charge is 0.382 e. The number of nitrogens with zero attached hydrogens (tertiary/aromatic N) is 2. The number of hydrogen-bond donors (Lipinski definition) is 0. The predicted molar refractivity (Wildman–Crippen MR) is 67.1 cm³/mol. The van der Waals surface area contributed by atoms with E-state index in [2.05, 4.69) is 18.9 Å². The first-order valence-corrected chi connectivity index (χ1v) is 6.27. The first kappa shape index (κ1) is 13.9. The summed E-state index contributed by atoms with van der Waals surface area (Å²) in [6.45, 7) is 7.48. The maximum atomic E-state index is 11.6. The van der Waals surface area contributed by atoms with Crippen LogP contribution in [0.3, 0.4) is 0 Å². The van der Waals surface area contributed by atoms with Crippen molar-refractivity contribution in [1.29, 1.82) is 0 Å². The molecule has 1 rings (SSSR count). The standard InChI is InChI=1S/C13H22N2O2/c1-4-17-9-5-6-13(16)10-12-7-8-15(14-12)11(2)3/h7-8,11H,4-6,9-10H2,1-3H3. The molecule has 0 aliphatic heterocycles. The summed E-state index contributed by atoms with van der Waals surface area (Å²) in [4.78, 5) is 11.6. The van der Waals surface area contributed by atoms with Crippen LogP contribution >= 0.6 is 0 Å². The van der Waals surface area contributed by atoms with Gasteiger partial charge >= 0.3 is 0 Å². The Labute approximate surface area is 103 Å². The number of ether oxygens (including phenoxy) is 1. The van der Waals surface area contributed by atoms with Gasteiger partial charge in [-0.15, -0.1) is 0 Å². The number of carbonyl (C=O) groups excluding carboxylic acids is 1. The van der Waals surface area contributed by atoms with Gasteiger partial charge in [0.1, 0.15) is 5.78 Å². The Bertz CT molecular complexity index is 345. The first-order valence-electron chi connectivity index (χ1n) is 6.27. The van der Waals surface area contributed by atoms with Crippen molar-refractivity contribution in [3.8, 4) is 0 Å². The van der Waals surface area contributed by atoms with Gasteiger partial charge in [-0.25, -0.2) is 0 Å². The van der Waals surface area contributed by atoms with Crippen LogP contribution in [-0.4, -0.2) is 28.8 Å². The predicted octanol–water partition coefficient (Wildman–Crippen LogP) is 2.39. The van der Waals surface area contributed by atoms with Gasteiger partial charge in [0.2, 0.25) is 0 Å². The Morgan fingerprint density at radius 2 is 2.29 bits per heavy atom. The van der Waals surface area contributed by atoms with Gasteiger partial charge in [0.25, 0.3) is 0 Å². The Kier molecular flexibility index (Phi) is 5.91. The maximum Gasteiger partial charge on any atom is 0.139 e. The third-order valence-corrected chi connectivity index (χ3v) is 2.52.